The number of methoxy groups -OCH3 is 1. The van der Waals surface area contributed by atoms with Gasteiger partial charge in [-0.3, -0.25) is 14.2 Å². The first-order chi connectivity index (χ1) is 14.5. The summed E-state index contributed by atoms with van der Waals surface area (Å²) in [4.78, 5) is 43.0. The van der Waals surface area contributed by atoms with Gasteiger partial charge in [0.1, 0.15) is 12.3 Å². The van der Waals surface area contributed by atoms with Gasteiger partial charge < -0.3 is 14.6 Å². The zero-order valence-electron chi connectivity index (χ0n) is 17.6. The number of nitrogens with one attached hydrogen (secondary N) is 1. The van der Waals surface area contributed by atoms with Crippen LogP contribution in [0.1, 0.15) is 33.1 Å². The van der Waals surface area contributed by atoms with Crippen molar-refractivity contribution in [3.63, 3.8) is 0 Å². The quantitative estimate of drug-likeness (QED) is 0.580. The van der Waals surface area contributed by atoms with Crippen molar-refractivity contribution < 1.29 is 9.53 Å². The summed E-state index contributed by atoms with van der Waals surface area (Å²) in [5.41, 5.74) is 0.209. The third-order valence-electron chi connectivity index (χ3n) is 4.84. The number of imidazole rings is 1. The van der Waals surface area contributed by atoms with Gasteiger partial charge in [0.25, 0.3) is 5.56 Å². The van der Waals surface area contributed by atoms with E-state index in [4.69, 9.17) is 4.74 Å². The van der Waals surface area contributed by atoms with Crippen molar-refractivity contribution in [2.45, 2.75) is 52.7 Å². The van der Waals surface area contributed by atoms with Crippen LogP contribution >= 0.6 is 0 Å². The third-order valence-corrected chi connectivity index (χ3v) is 4.84. The number of unbranched alkanes of at least 4 members (excludes halogenated alkanes) is 1. The van der Waals surface area contributed by atoms with Crippen LogP contribution in [0.2, 0.25) is 0 Å². The Balaban J connectivity index is 2.00. The van der Waals surface area contributed by atoms with Gasteiger partial charge in [0.15, 0.2) is 11.2 Å². The molecule has 9 nitrogen and oxygen atoms in total. The Morgan fingerprint density at radius 3 is 2.63 bits per heavy atom. The van der Waals surface area contributed by atoms with Crippen molar-refractivity contribution >= 4 is 22.8 Å². The van der Waals surface area contributed by atoms with Crippen LogP contribution in [0.15, 0.2) is 40.2 Å². The predicted octanol–water partition coefficient (Wildman–Crippen LogP) is 2.22. The first-order valence-corrected chi connectivity index (χ1v) is 10.1. The molecule has 0 aliphatic heterocycles. The lowest BCUT2D eigenvalue weighted by molar-refractivity contribution is -0.116. The molecule has 0 atom stereocenters. The smallest absolute Gasteiger partial charge is 0.333 e. The third kappa shape index (κ3) is 4.29. The number of benzene rings is 1. The van der Waals surface area contributed by atoms with Crippen molar-refractivity contribution in [2.24, 2.45) is 0 Å². The first kappa shape index (κ1) is 21.4. The molecule has 0 aliphatic carbocycles. The lowest BCUT2D eigenvalue weighted by Gasteiger charge is -2.12. The zero-order valence-corrected chi connectivity index (χ0v) is 17.6. The lowest BCUT2D eigenvalue weighted by Crippen LogP contribution is -2.43. The Hall–Kier alpha value is -3.36. The molecule has 0 aliphatic rings. The van der Waals surface area contributed by atoms with Crippen LogP contribution < -0.4 is 21.3 Å². The van der Waals surface area contributed by atoms with Crippen molar-refractivity contribution in [3.05, 3.63) is 51.4 Å². The van der Waals surface area contributed by atoms with Crippen molar-refractivity contribution in [2.75, 3.05) is 12.4 Å². The van der Waals surface area contributed by atoms with E-state index in [0.717, 1.165) is 17.4 Å². The first-order valence-electron chi connectivity index (χ1n) is 10.1. The van der Waals surface area contributed by atoms with E-state index in [-0.39, 0.29) is 6.54 Å². The number of nitrogens with zero attached hydrogens (tertiary/aromatic N) is 4. The van der Waals surface area contributed by atoms with E-state index in [1.807, 2.05) is 6.92 Å². The fourth-order valence-corrected chi connectivity index (χ4v) is 3.35. The number of amides is 1. The predicted molar refractivity (Wildman–Crippen MR) is 115 cm³/mol. The number of carbonyl (C=O) groups is 1. The zero-order chi connectivity index (χ0) is 21.7. The Kier molecular flexibility index (Phi) is 6.71. The van der Waals surface area contributed by atoms with Crippen LogP contribution in [0.25, 0.3) is 11.2 Å². The summed E-state index contributed by atoms with van der Waals surface area (Å²) in [5, 5.41) is 2.71. The molecule has 0 radical (unpaired) electrons. The number of ether oxygens (including phenoxy) is 1. The lowest BCUT2D eigenvalue weighted by atomic mass is 10.3. The highest BCUT2D eigenvalue weighted by Gasteiger charge is 2.19. The van der Waals surface area contributed by atoms with Gasteiger partial charge in [-0.1, -0.05) is 26.3 Å². The minimum Gasteiger partial charge on any atom is -0.497 e. The van der Waals surface area contributed by atoms with Gasteiger partial charge in [-0.05, 0) is 25.0 Å². The Bertz CT molecular complexity index is 1160. The van der Waals surface area contributed by atoms with Gasteiger partial charge in [-0.25, -0.2) is 14.3 Å². The van der Waals surface area contributed by atoms with E-state index >= 15 is 0 Å². The number of rotatable bonds is 9. The van der Waals surface area contributed by atoms with Crippen LogP contribution in [-0.2, 0) is 24.4 Å². The molecule has 9 heteroatoms. The van der Waals surface area contributed by atoms with Gasteiger partial charge in [-0.2, -0.15) is 0 Å². The molecule has 0 unspecified atom stereocenters. The normalized spacial score (nSPS) is 11.0. The maximum absolute atomic E-state index is 13.1. The van der Waals surface area contributed by atoms with Gasteiger partial charge in [0.2, 0.25) is 5.91 Å². The molecule has 160 valence electrons. The van der Waals surface area contributed by atoms with Crippen molar-refractivity contribution in [1.29, 1.82) is 0 Å². The minimum atomic E-state index is -0.532. The Morgan fingerprint density at radius 2 is 1.93 bits per heavy atom. The molecule has 0 fully saturated rings. The average Bonchev–Trinajstić information content (AvgIpc) is 3.16. The number of aromatic nitrogens is 4. The standard InChI is InChI=1S/C21H27N5O4/c1-4-6-11-24-14-22-19-18(24)20(28)26(21(29)25(19)10-5-2)13-17(27)23-15-8-7-9-16(12-15)30-3/h7-9,12,14H,4-6,10-11,13H2,1-3H3,(H,23,27). The van der Waals surface area contributed by atoms with Crippen LogP contribution in [0.4, 0.5) is 5.69 Å². The number of carbonyl (C=O) groups excluding carboxylic acids is 1. The molecule has 2 aromatic heterocycles. The molecular formula is C21H27N5O4. The molecule has 1 N–H and O–H groups in total. The van der Waals surface area contributed by atoms with Crippen molar-refractivity contribution in [3.8, 4) is 5.75 Å². The van der Waals surface area contributed by atoms with E-state index in [1.54, 1.807) is 35.2 Å². The van der Waals surface area contributed by atoms with E-state index in [0.29, 0.717) is 42.1 Å². The summed E-state index contributed by atoms with van der Waals surface area (Å²) in [6.07, 6.45) is 4.14. The fourth-order valence-electron chi connectivity index (χ4n) is 3.35. The Morgan fingerprint density at radius 1 is 1.13 bits per heavy atom. The monoisotopic (exact) mass is 413 g/mol. The molecule has 0 saturated carbocycles. The second-order valence-corrected chi connectivity index (χ2v) is 7.07. The summed E-state index contributed by atoms with van der Waals surface area (Å²) in [6, 6.07) is 6.88. The second-order valence-electron chi connectivity index (χ2n) is 7.07. The summed E-state index contributed by atoms with van der Waals surface area (Å²) in [5.74, 6) is 0.126. The number of anilines is 1. The summed E-state index contributed by atoms with van der Waals surface area (Å²) >= 11 is 0. The maximum Gasteiger partial charge on any atom is 0.333 e. The van der Waals surface area contributed by atoms with Gasteiger partial charge in [0, 0.05) is 24.8 Å². The molecule has 1 amide bonds. The molecular weight excluding hydrogens is 386 g/mol. The second kappa shape index (κ2) is 9.43. The maximum atomic E-state index is 13.1. The molecule has 1 aromatic carbocycles. The molecule has 3 rings (SSSR count). The van der Waals surface area contributed by atoms with E-state index in [9.17, 15) is 14.4 Å². The van der Waals surface area contributed by atoms with Crippen LogP contribution in [0, 0.1) is 0 Å². The molecule has 0 saturated heterocycles. The molecule has 30 heavy (non-hydrogen) atoms. The highest BCUT2D eigenvalue weighted by Crippen LogP contribution is 2.16. The van der Waals surface area contributed by atoms with Crippen LogP contribution in [0.3, 0.4) is 0 Å². The topological polar surface area (TPSA) is 100 Å². The van der Waals surface area contributed by atoms with Crippen molar-refractivity contribution in [1.82, 2.24) is 18.7 Å². The Labute approximate surface area is 173 Å². The SMILES string of the molecule is CCCCn1cnc2c1c(=O)n(CC(=O)Nc1cccc(OC)c1)c(=O)n2CCC. The van der Waals surface area contributed by atoms with Gasteiger partial charge >= 0.3 is 5.69 Å². The molecule has 2 heterocycles. The fraction of sp³-hybridized carbons (Fsp3) is 0.429. The highest BCUT2D eigenvalue weighted by atomic mass is 16.5. The number of fused-ring (bicyclic) bond motifs is 1. The summed E-state index contributed by atoms with van der Waals surface area (Å²) < 4.78 is 9.37. The molecule has 0 bridgehead atoms. The minimum absolute atomic E-state index is 0.352. The van der Waals surface area contributed by atoms with E-state index in [1.165, 1.54) is 11.7 Å². The summed E-state index contributed by atoms with van der Waals surface area (Å²) in [7, 11) is 1.54. The summed E-state index contributed by atoms with van der Waals surface area (Å²) in [6.45, 7) is 4.67. The number of aryl methyl sites for hydroxylation is 2. The number of hydrogen-bond donors (Lipinski definition) is 1. The largest absolute Gasteiger partial charge is 0.497 e. The van der Waals surface area contributed by atoms with Gasteiger partial charge in [0.05, 0.1) is 13.4 Å². The van der Waals surface area contributed by atoms with Crippen LogP contribution in [-0.4, -0.2) is 31.7 Å². The highest BCUT2D eigenvalue weighted by molar-refractivity contribution is 5.90. The number of hydrogen-bond acceptors (Lipinski definition) is 5. The van der Waals surface area contributed by atoms with Gasteiger partial charge in [-0.15, -0.1) is 0 Å². The van der Waals surface area contributed by atoms with E-state index < -0.39 is 17.2 Å². The molecule has 0 spiro atoms. The molecule has 3 aromatic rings. The van der Waals surface area contributed by atoms with E-state index in [2.05, 4.69) is 17.2 Å². The average molecular weight is 413 g/mol. The van der Waals surface area contributed by atoms with Crippen LogP contribution in [0.5, 0.6) is 5.75 Å².